The van der Waals surface area contributed by atoms with Gasteiger partial charge in [0.05, 0.1) is 12.0 Å². The summed E-state index contributed by atoms with van der Waals surface area (Å²) in [5.41, 5.74) is 0. The van der Waals surface area contributed by atoms with Crippen LogP contribution in [0.15, 0.2) is 0 Å². The molecule has 92 valence electrons. The van der Waals surface area contributed by atoms with Crippen LogP contribution in [0.2, 0.25) is 0 Å². The van der Waals surface area contributed by atoms with E-state index in [4.69, 9.17) is 9.84 Å². The summed E-state index contributed by atoms with van der Waals surface area (Å²) in [7, 11) is 0. The van der Waals surface area contributed by atoms with E-state index in [9.17, 15) is 9.59 Å². The average Bonchev–Trinajstić information content (AvgIpc) is 2.93. The van der Waals surface area contributed by atoms with Gasteiger partial charge in [0.25, 0.3) is 0 Å². The standard InChI is InChI=1S/C11H19NO4/c1-3-16-9-5-8(9)11(15)12-6-7(2)4-10(13)14/h7-9H,3-6H2,1-2H3,(H,12,15)(H,13,14). The molecular weight excluding hydrogens is 210 g/mol. The van der Waals surface area contributed by atoms with E-state index in [0.717, 1.165) is 6.42 Å². The third kappa shape index (κ3) is 4.18. The van der Waals surface area contributed by atoms with Crippen molar-refractivity contribution in [3.8, 4) is 0 Å². The zero-order valence-corrected chi connectivity index (χ0v) is 9.73. The molecule has 0 heterocycles. The van der Waals surface area contributed by atoms with Gasteiger partial charge in [0.15, 0.2) is 0 Å². The molecule has 0 spiro atoms. The third-order valence-corrected chi connectivity index (χ3v) is 2.60. The fourth-order valence-electron chi connectivity index (χ4n) is 1.62. The molecule has 0 radical (unpaired) electrons. The first-order valence-electron chi connectivity index (χ1n) is 5.65. The van der Waals surface area contributed by atoms with Crippen molar-refractivity contribution in [3.05, 3.63) is 0 Å². The summed E-state index contributed by atoms with van der Waals surface area (Å²) in [4.78, 5) is 21.9. The SMILES string of the molecule is CCOC1CC1C(=O)NCC(C)CC(=O)O. The van der Waals surface area contributed by atoms with Crippen molar-refractivity contribution in [2.45, 2.75) is 32.8 Å². The molecule has 0 aliphatic heterocycles. The van der Waals surface area contributed by atoms with Crippen molar-refractivity contribution in [3.63, 3.8) is 0 Å². The van der Waals surface area contributed by atoms with Gasteiger partial charge in [0.1, 0.15) is 0 Å². The number of carbonyl (C=O) groups is 2. The van der Waals surface area contributed by atoms with Crippen LogP contribution in [0, 0.1) is 11.8 Å². The first kappa shape index (κ1) is 13.0. The molecule has 1 fully saturated rings. The van der Waals surface area contributed by atoms with Crippen LogP contribution in [0.25, 0.3) is 0 Å². The maximum absolute atomic E-state index is 11.5. The lowest BCUT2D eigenvalue weighted by Gasteiger charge is -2.10. The van der Waals surface area contributed by atoms with E-state index >= 15 is 0 Å². The fourth-order valence-corrected chi connectivity index (χ4v) is 1.62. The van der Waals surface area contributed by atoms with Gasteiger partial charge in [-0.3, -0.25) is 9.59 Å². The molecule has 0 aromatic carbocycles. The van der Waals surface area contributed by atoms with Gasteiger partial charge in [0.2, 0.25) is 5.91 Å². The van der Waals surface area contributed by atoms with Crippen molar-refractivity contribution < 1.29 is 19.4 Å². The first-order valence-corrected chi connectivity index (χ1v) is 5.65. The Morgan fingerprint density at radius 3 is 2.81 bits per heavy atom. The Balaban J connectivity index is 2.14. The summed E-state index contributed by atoms with van der Waals surface area (Å²) in [6.45, 7) is 4.76. The van der Waals surface area contributed by atoms with Crippen LogP contribution in [0.1, 0.15) is 26.7 Å². The molecule has 3 atom stereocenters. The van der Waals surface area contributed by atoms with E-state index in [2.05, 4.69) is 5.32 Å². The molecule has 5 nitrogen and oxygen atoms in total. The first-order chi connectivity index (χ1) is 7.54. The normalized spacial score (nSPS) is 24.9. The number of hydrogen-bond acceptors (Lipinski definition) is 3. The van der Waals surface area contributed by atoms with Crippen LogP contribution in [0.3, 0.4) is 0 Å². The second-order valence-electron chi connectivity index (χ2n) is 4.28. The van der Waals surface area contributed by atoms with E-state index in [0.29, 0.717) is 13.2 Å². The highest BCUT2D eigenvalue weighted by Crippen LogP contribution is 2.33. The van der Waals surface area contributed by atoms with Gasteiger partial charge < -0.3 is 15.2 Å². The molecule has 16 heavy (non-hydrogen) atoms. The van der Waals surface area contributed by atoms with Gasteiger partial charge in [-0.1, -0.05) is 6.92 Å². The predicted octanol–water partition coefficient (Wildman–Crippen LogP) is 0.638. The lowest BCUT2D eigenvalue weighted by Crippen LogP contribution is -2.31. The Bertz CT molecular complexity index is 267. The molecule has 1 amide bonds. The van der Waals surface area contributed by atoms with Crippen molar-refractivity contribution in [2.75, 3.05) is 13.2 Å². The Labute approximate surface area is 95.2 Å². The summed E-state index contributed by atoms with van der Waals surface area (Å²) >= 11 is 0. The highest BCUT2D eigenvalue weighted by atomic mass is 16.5. The van der Waals surface area contributed by atoms with E-state index < -0.39 is 5.97 Å². The smallest absolute Gasteiger partial charge is 0.303 e. The van der Waals surface area contributed by atoms with Gasteiger partial charge in [-0.25, -0.2) is 0 Å². The van der Waals surface area contributed by atoms with Crippen LogP contribution < -0.4 is 5.32 Å². The van der Waals surface area contributed by atoms with Gasteiger partial charge >= 0.3 is 5.97 Å². The highest BCUT2D eigenvalue weighted by Gasteiger charge is 2.43. The van der Waals surface area contributed by atoms with E-state index in [1.54, 1.807) is 6.92 Å². The number of ether oxygens (including phenoxy) is 1. The number of carboxylic acids is 1. The largest absolute Gasteiger partial charge is 0.481 e. The molecule has 0 bridgehead atoms. The van der Waals surface area contributed by atoms with Crippen LogP contribution in [0.5, 0.6) is 0 Å². The Morgan fingerprint density at radius 1 is 1.56 bits per heavy atom. The minimum absolute atomic E-state index is 0.0179. The lowest BCUT2D eigenvalue weighted by atomic mass is 10.1. The fraction of sp³-hybridized carbons (Fsp3) is 0.818. The molecule has 1 aliphatic carbocycles. The number of rotatable bonds is 7. The summed E-state index contributed by atoms with van der Waals surface area (Å²) < 4.78 is 5.30. The molecular formula is C11H19NO4. The summed E-state index contributed by atoms with van der Waals surface area (Å²) in [6.07, 6.45) is 0.937. The molecule has 1 rings (SSSR count). The van der Waals surface area contributed by atoms with Crippen LogP contribution in [-0.2, 0) is 14.3 Å². The van der Waals surface area contributed by atoms with Crippen molar-refractivity contribution >= 4 is 11.9 Å². The predicted molar refractivity (Wildman–Crippen MR) is 57.9 cm³/mol. The van der Waals surface area contributed by atoms with Crippen molar-refractivity contribution in [2.24, 2.45) is 11.8 Å². The Morgan fingerprint density at radius 2 is 2.25 bits per heavy atom. The van der Waals surface area contributed by atoms with E-state index in [1.807, 2.05) is 6.92 Å². The number of amides is 1. The summed E-state index contributed by atoms with van der Waals surface area (Å²) in [6, 6.07) is 0. The zero-order chi connectivity index (χ0) is 12.1. The lowest BCUT2D eigenvalue weighted by molar-refractivity contribution is -0.138. The summed E-state index contributed by atoms with van der Waals surface area (Å²) in [5, 5.41) is 11.3. The van der Waals surface area contributed by atoms with Crippen LogP contribution >= 0.6 is 0 Å². The number of aliphatic carboxylic acids is 1. The Hall–Kier alpha value is -1.10. The number of carboxylic acid groups (broad SMARTS) is 1. The Kier molecular flexibility index (Phi) is 4.73. The van der Waals surface area contributed by atoms with E-state index in [1.165, 1.54) is 0 Å². The van der Waals surface area contributed by atoms with Gasteiger partial charge in [-0.2, -0.15) is 0 Å². The summed E-state index contributed by atoms with van der Waals surface area (Å²) in [5.74, 6) is -0.918. The molecule has 3 unspecified atom stereocenters. The third-order valence-electron chi connectivity index (χ3n) is 2.60. The molecule has 1 aliphatic rings. The molecule has 5 heteroatoms. The molecule has 0 aromatic heterocycles. The average molecular weight is 229 g/mol. The van der Waals surface area contributed by atoms with Gasteiger partial charge in [-0.15, -0.1) is 0 Å². The van der Waals surface area contributed by atoms with Gasteiger partial charge in [0, 0.05) is 19.6 Å². The molecule has 0 aromatic rings. The maximum atomic E-state index is 11.5. The molecule has 2 N–H and O–H groups in total. The monoisotopic (exact) mass is 229 g/mol. The number of carbonyl (C=O) groups excluding carboxylic acids is 1. The number of nitrogens with one attached hydrogen (secondary N) is 1. The topological polar surface area (TPSA) is 75.6 Å². The highest BCUT2D eigenvalue weighted by molar-refractivity contribution is 5.82. The quantitative estimate of drug-likeness (QED) is 0.671. The molecule has 1 saturated carbocycles. The minimum atomic E-state index is -0.833. The second kappa shape index (κ2) is 5.84. The van der Waals surface area contributed by atoms with Gasteiger partial charge in [-0.05, 0) is 19.3 Å². The minimum Gasteiger partial charge on any atom is -0.481 e. The second-order valence-corrected chi connectivity index (χ2v) is 4.28. The maximum Gasteiger partial charge on any atom is 0.303 e. The zero-order valence-electron chi connectivity index (χ0n) is 9.73. The van der Waals surface area contributed by atoms with Crippen molar-refractivity contribution in [1.29, 1.82) is 0 Å². The van der Waals surface area contributed by atoms with E-state index in [-0.39, 0.29) is 30.3 Å². The van der Waals surface area contributed by atoms with Crippen LogP contribution in [-0.4, -0.2) is 36.2 Å². The number of hydrogen-bond donors (Lipinski definition) is 2. The van der Waals surface area contributed by atoms with Crippen LogP contribution in [0.4, 0.5) is 0 Å². The molecule has 0 saturated heterocycles. The van der Waals surface area contributed by atoms with Crippen molar-refractivity contribution in [1.82, 2.24) is 5.32 Å².